The van der Waals surface area contributed by atoms with Crippen molar-refractivity contribution < 1.29 is 27.4 Å². The number of aromatic nitrogens is 2. The molecule has 6 nitrogen and oxygen atoms in total. The quantitative estimate of drug-likeness (QED) is 0.856. The van der Waals surface area contributed by atoms with Gasteiger partial charge >= 0.3 is 6.36 Å². The highest BCUT2D eigenvalue weighted by Crippen LogP contribution is 2.30. The minimum Gasteiger partial charge on any atom is -0.406 e. The van der Waals surface area contributed by atoms with Gasteiger partial charge in [-0.1, -0.05) is 0 Å². The van der Waals surface area contributed by atoms with Crippen LogP contribution in [0.5, 0.6) is 5.75 Å². The fraction of sp³-hybridized carbons (Fsp3) is 0.526. The maximum absolute atomic E-state index is 12.3. The number of hydrogen-bond donors (Lipinski definition) is 1. The van der Waals surface area contributed by atoms with E-state index >= 15 is 0 Å². The van der Waals surface area contributed by atoms with Crippen molar-refractivity contribution in [3.05, 3.63) is 36.3 Å². The zero-order valence-corrected chi connectivity index (χ0v) is 15.2. The number of rotatable bonds is 4. The van der Waals surface area contributed by atoms with Crippen LogP contribution in [0.1, 0.15) is 24.7 Å². The van der Waals surface area contributed by atoms with Crippen LogP contribution in [0.4, 0.5) is 13.2 Å². The van der Waals surface area contributed by atoms with Crippen molar-refractivity contribution in [2.24, 2.45) is 0 Å². The van der Waals surface area contributed by atoms with Gasteiger partial charge in [-0.25, -0.2) is 4.98 Å². The number of halogens is 3. The van der Waals surface area contributed by atoms with Crippen molar-refractivity contribution in [2.75, 3.05) is 33.0 Å². The van der Waals surface area contributed by atoms with Crippen LogP contribution < -0.4 is 4.74 Å². The van der Waals surface area contributed by atoms with Crippen LogP contribution in [0.2, 0.25) is 0 Å². The lowest BCUT2D eigenvalue weighted by molar-refractivity contribution is -0.274. The summed E-state index contributed by atoms with van der Waals surface area (Å²) in [6.07, 6.45) is -1.02. The molecule has 152 valence electrons. The summed E-state index contributed by atoms with van der Waals surface area (Å²) in [5, 5.41) is 0. The molecule has 2 aliphatic rings. The normalized spacial score (nSPS) is 22.3. The van der Waals surface area contributed by atoms with Crippen molar-refractivity contribution in [3.63, 3.8) is 0 Å². The Hall–Kier alpha value is -2.10. The van der Waals surface area contributed by atoms with E-state index in [4.69, 9.17) is 9.47 Å². The Balaban J connectivity index is 1.49. The fourth-order valence-electron chi connectivity index (χ4n) is 3.80. The molecule has 1 unspecified atom stereocenters. The molecule has 0 bridgehead atoms. The predicted octanol–water partition coefficient (Wildman–Crippen LogP) is 3.53. The lowest BCUT2D eigenvalue weighted by atomic mass is 10.0. The summed E-state index contributed by atoms with van der Waals surface area (Å²) in [4.78, 5) is 10.3. The molecule has 1 aromatic carbocycles. The first kappa shape index (κ1) is 19.2. The van der Waals surface area contributed by atoms with E-state index in [0.717, 1.165) is 49.7 Å². The van der Waals surface area contributed by atoms with Gasteiger partial charge in [-0.15, -0.1) is 13.2 Å². The molecule has 2 aromatic rings. The molecule has 9 heteroatoms. The standard InChI is InChI=1S/C19H22F3N3O3/c20-19(21,22)28-15-3-1-13(2-4-15)16-11-23-18(24-16)17-12-27-10-7-25(17)14-5-8-26-9-6-14/h1-4,11,14,17H,5-10,12H2,(H,23,24). The van der Waals surface area contributed by atoms with Gasteiger partial charge in [0, 0.05) is 25.8 Å². The van der Waals surface area contributed by atoms with E-state index in [-0.39, 0.29) is 11.8 Å². The third-order valence-corrected chi connectivity index (χ3v) is 5.14. The Morgan fingerprint density at radius 2 is 1.82 bits per heavy atom. The minimum atomic E-state index is -4.70. The van der Waals surface area contributed by atoms with Crippen LogP contribution in [0, 0.1) is 0 Å². The molecule has 1 atom stereocenters. The van der Waals surface area contributed by atoms with E-state index in [1.807, 2.05) is 0 Å². The Morgan fingerprint density at radius 3 is 2.54 bits per heavy atom. The van der Waals surface area contributed by atoms with Gasteiger partial charge in [0.25, 0.3) is 0 Å². The summed E-state index contributed by atoms with van der Waals surface area (Å²) in [5.74, 6) is 0.555. The highest BCUT2D eigenvalue weighted by molar-refractivity contribution is 5.59. The van der Waals surface area contributed by atoms with Gasteiger partial charge in [0.1, 0.15) is 11.6 Å². The van der Waals surface area contributed by atoms with Gasteiger partial charge in [0.15, 0.2) is 0 Å². The first-order chi connectivity index (χ1) is 13.5. The molecule has 0 radical (unpaired) electrons. The molecule has 3 heterocycles. The molecule has 0 amide bonds. The van der Waals surface area contributed by atoms with Crippen LogP contribution in [0.25, 0.3) is 11.3 Å². The molecular formula is C19H22F3N3O3. The average Bonchev–Trinajstić information content (AvgIpc) is 3.18. The predicted molar refractivity (Wildman–Crippen MR) is 94.8 cm³/mol. The number of imidazole rings is 1. The Labute approximate surface area is 160 Å². The van der Waals surface area contributed by atoms with Crippen molar-refractivity contribution >= 4 is 0 Å². The van der Waals surface area contributed by atoms with Crippen LogP contribution >= 0.6 is 0 Å². The number of H-pyrrole nitrogens is 1. The van der Waals surface area contributed by atoms with E-state index in [9.17, 15) is 13.2 Å². The second kappa shape index (κ2) is 8.10. The number of aromatic amines is 1. The number of ether oxygens (including phenoxy) is 3. The van der Waals surface area contributed by atoms with Crippen molar-refractivity contribution in [1.29, 1.82) is 0 Å². The van der Waals surface area contributed by atoms with Crippen LogP contribution in [-0.2, 0) is 9.47 Å². The minimum absolute atomic E-state index is 0.0263. The van der Waals surface area contributed by atoms with Gasteiger partial charge in [0.05, 0.1) is 31.1 Å². The van der Waals surface area contributed by atoms with Crippen molar-refractivity contribution in [2.45, 2.75) is 31.3 Å². The second-order valence-electron chi connectivity index (χ2n) is 6.93. The molecule has 0 spiro atoms. The van der Waals surface area contributed by atoms with Gasteiger partial charge in [0.2, 0.25) is 0 Å². The zero-order valence-electron chi connectivity index (χ0n) is 15.2. The van der Waals surface area contributed by atoms with E-state index in [1.54, 1.807) is 18.3 Å². The van der Waals surface area contributed by atoms with Gasteiger partial charge < -0.3 is 19.2 Å². The number of nitrogens with one attached hydrogen (secondary N) is 1. The number of nitrogens with zero attached hydrogens (tertiary/aromatic N) is 2. The first-order valence-corrected chi connectivity index (χ1v) is 9.32. The maximum Gasteiger partial charge on any atom is 0.573 e. The fourth-order valence-corrected chi connectivity index (χ4v) is 3.80. The lowest BCUT2D eigenvalue weighted by Crippen LogP contribution is -2.48. The molecule has 0 aliphatic carbocycles. The highest BCUT2D eigenvalue weighted by Gasteiger charge is 2.33. The van der Waals surface area contributed by atoms with Gasteiger partial charge in [-0.3, -0.25) is 4.90 Å². The number of alkyl halides is 3. The molecule has 0 saturated carbocycles. The Kier molecular flexibility index (Phi) is 5.56. The lowest BCUT2D eigenvalue weighted by Gasteiger charge is -2.41. The van der Waals surface area contributed by atoms with E-state index in [0.29, 0.717) is 19.3 Å². The smallest absolute Gasteiger partial charge is 0.406 e. The van der Waals surface area contributed by atoms with Crippen molar-refractivity contribution in [1.82, 2.24) is 14.9 Å². The van der Waals surface area contributed by atoms with Gasteiger partial charge in [-0.05, 0) is 42.7 Å². The summed E-state index contributed by atoms with van der Waals surface area (Å²) in [5.41, 5.74) is 1.48. The summed E-state index contributed by atoms with van der Waals surface area (Å²) < 4.78 is 52.0. The average molecular weight is 397 g/mol. The van der Waals surface area contributed by atoms with Crippen molar-refractivity contribution in [3.8, 4) is 17.0 Å². The summed E-state index contributed by atoms with van der Waals surface area (Å²) in [7, 11) is 0. The maximum atomic E-state index is 12.3. The second-order valence-corrected chi connectivity index (χ2v) is 6.93. The Bertz CT molecular complexity index is 773. The molecule has 2 fully saturated rings. The largest absolute Gasteiger partial charge is 0.573 e. The highest BCUT2D eigenvalue weighted by atomic mass is 19.4. The topological polar surface area (TPSA) is 59.6 Å². The number of benzene rings is 1. The number of hydrogen-bond acceptors (Lipinski definition) is 5. The Morgan fingerprint density at radius 1 is 1.07 bits per heavy atom. The summed E-state index contributed by atoms with van der Waals surface area (Å²) >= 11 is 0. The molecule has 1 N–H and O–H groups in total. The third-order valence-electron chi connectivity index (χ3n) is 5.14. The van der Waals surface area contributed by atoms with Gasteiger partial charge in [-0.2, -0.15) is 0 Å². The number of morpholine rings is 1. The first-order valence-electron chi connectivity index (χ1n) is 9.32. The molecule has 4 rings (SSSR count). The van der Waals surface area contributed by atoms with Crippen LogP contribution in [0.3, 0.4) is 0 Å². The molecule has 1 aromatic heterocycles. The van der Waals surface area contributed by atoms with Crippen LogP contribution in [0.15, 0.2) is 30.5 Å². The molecule has 28 heavy (non-hydrogen) atoms. The zero-order chi connectivity index (χ0) is 19.6. The third kappa shape index (κ3) is 4.48. The molecule has 2 aliphatic heterocycles. The SMILES string of the molecule is FC(F)(F)Oc1ccc(-c2cnc(C3COCCN3C3CCOCC3)[nH]2)cc1. The van der Waals surface area contributed by atoms with E-state index in [1.165, 1.54) is 12.1 Å². The monoisotopic (exact) mass is 397 g/mol. The van der Waals surface area contributed by atoms with E-state index < -0.39 is 6.36 Å². The molecule has 2 saturated heterocycles. The van der Waals surface area contributed by atoms with Crippen LogP contribution in [-0.4, -0.2) is 60.2 Å². The summed E-state index contributed by atoms with van der Waals surface area (Å²) in [6.45, 7) is 3.63. The van der Waals surface area contributed by atoms with E-state index in [2.05, 4.69) is 19.6 Å². The molecular weight excluding hydrogens is 375 g/mol. The summed E-state index contributed by atoms with van der Waals surface area (Å²) in [6, 6.07) is 6.20.